The van der Waals surface area contributed by atoms with E-state index in [9.17, 15) is 0 Å². The van der Waals surface area contributed by atoms with E-state index in [4.69, 9.17) is 4.74 Å². The van der Waals surface area contributed by atoms with Gasteiger partial charge in [-0.3, -0.25) is 0 Å². The molecule has 0 unspecified atom stereocenters. The maximum absolute atomic E-state index is 5.79. The summed E-state index contributed by atoms with van der Waals surface area (Å²) in [5.74, 6) is 0. The van der Waals surface area contributed by atoms with Crippen molar-refractivity contribution in [2.45, 2.75) is 32.3 Å². The third kappa shape index (κ3) is 5.52. The maximum atomic E-state index is 5.79. The first-order valence-corrected chi connectivity index (χ1v) is 6.90. The maximum Gasteiger partial charge on any atom is 0.0715 e. The van der Waals surface area contributed by atoms with Gasteiger partial charge in [-0.2, -0.15) is 0 Å². The highest BCUT2D eigenvalue weighted by molar-refractivity contribution is 14.1. The fourth-order valence-corrected chi connectivity index (χ4v) is 1.53. The Hall–Kier alpha value is -0.0900. The van der Waals surface area contributed by atoms with Crippen molar-refractivity contribution in [3.8, 4) is 0 Å². The molecular weight excluding hydrogens is 299 g/mol. The van der Waals surface area contributed by atoms with Crippen LogP contribution in [0.2, 0.25) is 0 Å². The second-order valence-electron chi connectivity index (χ2n) is 4.33. The zero-order chi connectivity index (χ0) is 11.1. The molecule has 0 aliphatic heterocycles. The van der Waals surface area contributed by atoms with E-state index in [-0.39, 0.29) is 5.60 Å². The quantitative estimate of drug-likeness (QED) is 0.440. The van der Waals surface area contributed by atoms with E-state index in [0.717, 1.165) is 23.9 Å². The van der Waals surface area contributed by atoms with Crippen LogP contribution in [-0.2, 0) is 11.2 Å². The molecule has 0 aliphatic rings. The summed E-state index contributed by atoms with van der Waals surface area (Å²) >= 11 is 2.37. The highest BCUT2D eigenvalue weighted by Gasteiger charge is 2.15. The van der Waals surface area contributed by atoms with Gasteiger partial charge in [0.05, 0.1) is 5.60 Å². The van der Waals surface area contributed by atoms with Gasteiger partial charge in [0.2, 0.25) is 0 Å². The third-order valence-corrected chi connectivity index (χ3v) is 4.10. The molecule has 0 radical (unpaired) electrons. The first kappa shape index (κ1) is 13.0. The molecule has 0 saturated carbocycles. The highest BCUT2D eigenvalue weighted by atomic mass is 127. The molecule has 0 amide bonds. The number of hydrogen-bond acceptors (Lipinski definition) is 1. The Morgan fingerprint density at radius 2 is 1.87 bits per heavy atom. The normalized spacial score (nSPS) is 11.7. The van der Waals surface area contributed by atoms with E-state index >= 15 is 0 Å². The van der Waals surface area contributed by atoms with Gasteiger partial charge in [-0.15, -0.1) is 0 Å². The molecule has 1 aromatic carbocycles. The number of rotatable bonds is 6. The standard InChI is InChI=1S/C13H19IO/c1-13(2,11-14)15-10-6-9-12-7-4-3-5-8-12/h3-5,7-8H,6,9-11H2,1-2H3. The number of alkyl halides is 1. The van der Waals surface area contributed by atoms with Crippen LogP contribution in [0.4, 0.5) is 0 Å². The van der Waals surface area contributed by atoms with E-state index in [2.05, 4.69) is 66.8 Å². The first-order valence-electron chi connectivity index (χ1n) is 5.38. The summed E-state index contributed by atoms with van der Waals surface area (Å²) in [6, 6.07) is 10.6. The van der Waals surface area contributed by atoms with Crippen molar-refractivity contribution in [3.05, 3.63) is 35.9 Å². The van der Waals surface area contributed by atoms with Gasteiger partial charge in [-0.05, 0) is 32.3 Å². The second-order valence-corrected chi connectivity index (χ2v) is 5.09. The van der Waals surface area contributed by atoms with Gasteiger partial charge in [0.1, 0.15) is 0 Å². The Kier molecular flexibility index (Phi) is 5.61. The Balaban J connectivity index is 2.18. The van der Waals surface area contributed by atoms with Crippen molar-refractivity contribution in [3.63, 3.8) is 0 Å². The topological polar surface area (TPSA) is 9.23 Å². The third-order valence-electron chi connectivity index (χ3n) is 2.27. The van der Waals surface area contributed by atoms with Gasteiger partial charge in [0.25, 0.3) is 0 Å². The van der Waals surface area contributed by atoms with Crippen LogP contribution in [0.1, 0.15) is 25.8 Å². The lowest BCUT2D eigenvalue weighted by atomic mass is 10.1. The van der Waals surface area contributed by atoms with E-state index < -0.39 is 0 Å². The molecule has 0 fully saturated rings. The molecule has 0 heterocycles. The smallest absolute Gasteiger partial charge is 0.0715 e. The Bertz CT molecular complexity index is 269. The molecule has 1 aromatic rings. The van der Waals surface area contributed by atoms with Gasteiger partial charge < -0.3 is 4.74 Å². The van der Waals surface area contributed by atoms with Crippen LogP contribution in [0.15, 0.2) is 30.3 Å². The van der Waals surface area contributed by atoms with Crippen LogP contribution in [-0.4, -0.2) is 16.6 Å². The molecule has 15 heavy (non-hydrogen) atoms. The lowest BCUT2D eigenvalue weighted by Crippen LogP contribution is -2.26. The lowest BCUT2D eigenvalue weighted by molar-refractivity contribution is 0.00207. The van der Waals surface area contributed by atoms with Crippen molar-refractivity contribution in [1.82, 2.24) is 0 Å². The minimum absolute atomic E-state index is 0.0250. The van der Waals surface area contributed by atoms with Crippen LogP contribution >= 0.6 is 22.6 Å². The molecule has 0 spiro atoms. The van der Waals surface area contributed by atoms with Crippen LogP contribution in [0, 0.1) is 0 Å². The first-order chi connectivity index (χ1) is 7.14. The van der Waals surface area contributed by atoms with Gasteiger partial charge in [-0.1, -0.05) is 52.9 Å². The zero-order valence-electron chi connectivity index (χ0n) is 9.50. The predicted molar refractivity (Wildman–Crippen MR) is 73.7 cm³/mol. The van der Waals surface area contributed by atoms with Gasteiger partial charge in [0.15, 0.2) is 0 Å². The average molecular weight is 318 g/mol. The molecule has 0 aliphatic carbocycles. The molecule has 1 rings (SSSR count). The Morgan fingerprint density at radius 3 is 2.47 bits per heavy atom. The van der Waals surface area contributed by atoms with Crippen LogP contribution < -0.4 is 0 Å². The number of benzene rings is 1. The van der Waals surface area contributed by atoms with Crippen molar-refractivity contribution < 1.29 is 4.74 Å². The number of aryl methyl sites for hydroxylation is 1. The lowest BCUT2D eigenvalue weighted by Gasteiger charge is -2.22. The van der Waals surface area contributed by atoms with Crippen molar-refractivity contribution in [1.29, 1.82) is 0 Å². The number of halogens is 1. The van der Waals surface area contributed by atoms with E-state index in [1.807, 2.05) is 0 Å². The van der Waals surface area contributed by atoms with Crippen LogP contribution in [0.5, 0.6) is 0 Å². The van der Waals surface area contributed by atoms with Gasteiger partial charge in [0, 0.05) is 11.0 Å². The van der Waals surface area contributed by atoms with Crippen LogP contribution in [0.25, 0.3) is 0 Å². The van der Waals surface area contributed by atoms with Crippen molar-refractivity contribution in [2.24, 2.45) is 0 Å². The summed E-state index contributed by atoms with van der Waals surface area (Å²) in [6.45, 7) is 5.13. The molecule has 0 saturated heterocycles. The predicted octanol–water partition coefficient (Wildman–Crippen LogP) is 3.85. The van der Waals surface area contributed by atoms with E-state index in [1.54, 1.807) is 0 Å². The Labute approximate surface area is 106 Å². The average Bonchev–Trinajstić information content (AvgIpc) is 2.26. The highest BCUT2D eigenvalue weighted by Crippen LogP contribution is 2.13. The van der Waals surface area contributed by atoms with Gasteiger partial charge in [-0.25, -0.2) is 0 Å². The summed E-state index contributed by atoms with van der Waals surface area (Å²) in [5.41, 5.74) is 1.42. The fraction of sp³-hybridized carbons (Fsp3) is 0.538. The van der Waals surface area contributed by atoms with E-state index in [0.29, 0.717) is 0 Å². The number of ether oxygens (including phenoxy) is 1. The summed E-state index contributed by atoms with van der Waals surface area (Å²) in [4.78, 5) is 0. The second kappa shape index (κ2) is 6.48. The molecule has 0 bridgehead atoms. The van der Waals surface area contributed by atoms with Crippen LogP contribution in [0.3, 0.4) is 0 Å². The summed E-state index contributed by atoms with van der Waals surface area (Å²) in [5, 5.41) is 0. The molecule has 1 nitrogen and oxygen atoms in total. The monoisotopic (exact) mass is 318 g/mol. The molecule has 0 atom stereocenters. The van der Waals surface area contributed by atoms with Crippen molar-refractivity contribution in [2.75, 3.05) is 11.0 Å². The zero-order valence-corrected chi connectivity index (χ0v) is 11.7. The number of hydrogen-bond donors (Lipinski definition) is 0. The molecular formula is C13H19IO. The molecule has 0 aromatic heterocycles. The van der Waals surface area contributed by atoms with Crippen molar-refractivity contribution >= 4 is 22.6 Å². The van der Waals surface area contributed by atoms with Gasteiger partial charge >= 0.3 is 0 Å². The molecule has 0 N–H and O–H groups in total. The fourth-order valence-electron chi connectivity index (χ4n) is 1.31. The van der Waals surface area contributed by atoms with E-state index in [1.165, 1.54) is 5.56 Å². The molecule has 2 heteroatoms. The summed E-state index contributed by atoms with van der Waals surface area (Å²) < 4.78 is 6.83. The summed E-state index contributed by atoms with van der Waals surface area (Å²) in [6.07, 6.45) is 2.21. The Morgan fingerprint density at radius 1 is 1.20 bits per heavy atom. The minimum atomic E-state index is 0.0250. The SMILES string of the molecule is CC(C)(CI)OCCCc1ccccc1. The largest absolute Gasteiger partial charge is 0.375 e. The minimum Gasteiger partial charge on any atom is -0.375 e. The molecule has 84 valence electrons. The summed E-state index contributed by atoms with van der Waals surface area (Å²) in [7, 11) is 0.